The molecule has 1 atom stereocenters. The third-order valence-corrected chi connectivity index (χ3v) is 6.01. The number of hydrogen-bond donors (Lipinski definition) is 3. The van der Waals surface area contributed by atoms with Crippen molar-refractivity contribution in [3.8, 4) is 11.3 Å². The zero-order valence-electron chi connectivity index (χ0n) is 20.2. The normalized spacial score (nSPS) is 15.1. The van der Waals surface area contributed by atoms with Gasteiger partial charge in [0.25, 0.3) is 5.91 Å². The first-order chi connectivity index (χ1) is 17.5. The lowest BCUT2D eigenvalue weighted by Crippen LogP contribution is -2.45. The van der Waals surface area contributed by atoms with Crippen molar-refractivity contribution in [3.05, 3.63) is 72.3 Å². The van der Waals surface area contributed by atoms with E-state index in [9.17, 15) is 14.4 Å². The van der Waals surface area contributed by atoms with E-state index in [-0.39, 0.29) is 23.6 Å². The number of carbonyl (C=O) groups is 3. The van der Waals surface area contributed by atoms with Crippen LogP contribution in [-0.4, -0.2) is 54.1 Å². The number of piperidine rings is 1. The second-order valence-corrected chi connectivity index (χ2v) is 8.73. The van der Waals surface area contributed by atoms with Gasteiger partial charge >= 0.3 is 0 Å². The third kappa shape index (κ3) is 6.65. The topological polar surface area (TPSA) is 116 Å². The Kier molecular flexibility index (Phi) is 8.23. The molecule has 0 bridgehead atoms. The SMILES string of the molecule is CC(=O)Nc1ccc(C(=O)NCCNC(=O)C2CCCN(c3ccc(-c4ccccc4)nn3)C2)cc1. The van der Waals surface area contributed by atoms with Gasteiger partial charge in [-0.05, 0) is 49.2 Å². The molecule has 1 unspecified atom stereocenters. The largest absolute Gasteiger partial charge is 0.354 e. The minimum atomic E-state index is -0.236. The zero-order chi connectivity index (χ0) is 25.3. The molecule has 2 heterocycles. The van der Waals surface area contributed by atoms with Gasteiger partial charge in [0.15, 0.2) is 5.82 Å². The van der Waals surface area contributed by atoms with E-state index in [1.807, 2.05) is 42.5 Å². The Balaban J connectivity index is 1.22. The van der Waals surface area contributed by atoms with Crippen LogP contribution in [0, 0.1) is 5.92 Å². The molecule has 186 valence electrons. The fraction of sp³-hybridized carbons (Fsp3) is 0.296. The molecule has 1 fully saturated rings. The Morgan fingerprint density at radius 2 is 1.67 bits per heavy atom. The highest BCUT2D eigenvalue weighted by Gasteiger charge is 2.26. The summed E-state index contributed by atoms with van der Waals surface area (Å²) in [5.41, 5.74) is 2.95. The van der Waals surface area contributed by atoms with Crippen LogP contribution in [0.2, 0.25) is 0 Å². The van der Waals surface area contributed by atoms with E-state index in [0.29, 0.717) is 30.9 Å². The minimum absolute atomic E-state index is 0.0255. The van der Waals surface area contributed by atoms with Crippen LogP contribution in [0.25, 0.3) is 11.3 Å². The molecule has 36 heavy (non-hydrogen) atoms. The Labute approximate surface area is 210 Å². The summed E-state index contributed by atoms with van der Waals surface area (Å²) < 4.78 is 0. The van der Waals surface area contributed by atoms with Crippen molar-refractivity contribution < 1.29 is 14.4 Å². The minimum Gasteiger partial charge on any atom is -0.354 e. The van der Waals surface area contributed by atoms with E-state index < -0.39 is 0 Å². The second kappa shape index (κ2) is 11.9. The lowest BCUT2D eigenvalue weighted by molar-refractivity contribution is -0.125. The zero-order valence-corrected chi connectivity index (χ0v) is 20.2. The van der Waals surface area contributed by atoms with E-state index in [1.54, 1.807) is 24.3 Å². The average Bonchev–Trinajstić information content (AvgIpc) is 2.91. The van der Waals surface area contributed by atoms with Crippen LogP contribution < -0.4 is 20.9 Å². The fourth-order valence-corrected chi connectivity index (χ4v) is 4.17. The standard InChI is InChI=1S/C27H30N6O3/c1-19(34)30-23-11-9-21(10-12-23)26(35)28-15-16-29-27(36)22-8-5-17-33(18-22)25-14-13-24(31-32-25)20-6-3-2-4-7-20/h2-4,6-7,9-14,22H,5,8,15-18H2,1H3,(H,28,35)(H,29,36)(H,30,34). The summed E-state index contributed by atoms with van der Waals surface area (Å²) in [6, 6.07) is 20.4. The van der Waals surface area contributed by atoms with E-state index in [4.69, 9.17) is 0 Å². The lowest BCUT2D eigenvalue weighted by Gasteiger charge is -2.32. The van der Waals surface area contributed by atoms with Crippen LogP contribution in [0.4, 0.5) is 11.5 Å². The number of nitrogens with zero attached hydrogens (tertiary/aromatic N) is 3. The van der Waals surface area contributed by atoms with Crippen LogP contribution in [0.3, 0.4) is 0 Å². The molecule has 9 nitrogen and oxygen atoms in total. The van der Waals surface area contributed by atoms with Gasteiger partial charge in [0.2, 0.25) is 11.8 Å². The van der Waals surface area contributed by atoms with Gasteiger partial charge in [-0.25, -0.2) is 0 Å². The molecule has 1 aliphatic rings. The van der Waals surface area contributed by atoms with Crippen molar-refractivity contribution >= 4 is 29.2 Å². The highest BCUT2D eigenvalue weighted by atomic mass is 16.2. The van der Waals surface area contributed by atoms with Crippen LogP contribution >= 0.6 is 0 Å². The number of carbonyl (C=O) groups excluding carboxylic acids is 3. The van der Waals surface area contributed by atoms with E-state index in [2.05, 4.69) is 31.0 Å². The van der Waals surface area contributed by atoms with Gasteiger partial charge in [0.05, 0.1) is 11.6 Å². The quantitative estimate of drug-likeness (QED) is 0.422. The van der Waals surface area contributed by atoms with E-state index in [1.165, 1.54) is 6.92 Å². The number of hydrogen-bond acceptors (Lipinski definition) is 6. The molecule has 3 amide bonds. The number of nitrogens with one attached hydrogen (secondary N) is 3. The Morgan fingerprint density at radius 1 is 0.917 bits per heavy atom. The maximum atomic E-state index is 12.7. The first kappa shape index (κ1) is 24.8. The predicted octanol–water partition coefficient (Wildman–Crippen LogP) is 2.86. The molecule has 3 N–H and O–H groups in total. The molecule has 0 radical (unpaired) electrons. The average molecular weight is 487 g/mol. The fourth-order valence-electron chi connectivity index (χ4n) is 4.17. The third-order valence-electron chi connectivity index (χ3n) is 6.01. The molecule has 1 aromatic heterocycles. The van der Waals surface area contributed by atoms with Crippen molar-refractivity contribution in [2.75, 3.05) is 36.4 Å². The molecule has 4 rings (SSSR count). The lowest BCUT2D eigenvalue weighted by atomic mass is 9.97. The molecule has 0 aliphatic carbocycles. The molecule has 3 aromatic rings. The number of aromatic nitrogens is 2. The molecular formula is C27H30N6O3. The Hall–Kier alpha value is -4.27. The van der Waals surface area contributed by atoms with Crippen molar-refractivity contribution in [2.24, 2.45) is 5.92 Å². The number of rotatable bonds is 8. The predicted molar refractivity (Wildman–Crippen MR) is 138 cm³/mol. The van der Waals surface area contributed by atoms with Gasteiger partial charge in [0.1, 0.15) is 0 Å². The molecule has 1 aliphatic heterocycles. The Bertz CT molecular complexity index is 1180. The van der Waals surface area contributed by atoms with Gasteiger partial charge in [0, 0.05) is 49.9 Å². The highest BCUT2D eigenvalue weighted by molar-refractivity contribution is 5.95. The van der Waals surface area contributed by atoms with Crippen LogP contribution in [0.1, 0.15) is 30.1 Å². The van der Waals surface area contributed by atoms with Crippen molar-refractivity contribution in [2.45, 2.75) is 19.8 Å². The van der Waals surface area contributed by atoms with Crippen molar-refractivity contribution in [1.82, 2.24) is 20.8 Å². The van der Waals surface area contributed by atoms with Gasteiger partial charge in [-0.3, -0.25) is 14.4 Å². The molecule has 1 saturated heterocycles. The summed E-state index contributed by atoms with van der Waals surface area (Å²) in [4.78, 5) is 38.2. The number of amides is 3. The second-order valence-electron chi connectivity index (χ2n) is 8.73. The van der Waals surface area contributed by atoms with E-state index >= 15 is 0 Å². The summed E-state index contributed by atoms with van der Waals surface area (Å²) in [5.74, 6) is 0.190. The van der Waals surface area contributed by atoms with Gasteiger partial charge in [-0.2, -0.15) is 0 Å². The molecule has 0 saturated carbocycles. The van der Waals surface area contributed by atoms with Gasteiger partial charge in [-0.1, -0.05) is 30.3 Å². The molecule has 2 aromatic carbocycles. The van der Waals surface area contributed by atoms with Crippen LogP contribution in [0.5, 0.6) is 0 Å². The number of anilines is 2. The smallest absolute Gasteiger partial charge is 0.251 e. The first-order valence-electron chi connectivity index (χ1n) is 12.1. The van der Waals surface area contributed by atoms with Crippen molar-refractivity contribution in [3.63, 3.8) is 0 Å². The van der Waals surface area contributed by atoms with Gasteiger partial charge in [-0.15, -0.1) is 10.2 Å². The van der Waals surface area contributed by atoms with Gasteiger partial charge < -0.3 is 20.9 Å². The molecule has 0 spiro atoms. The van der Waals surface area contributed by atoms with Crippen LogP contribution in [-0.2, 0) is 9.59 Å². The summed E-state index contributed by atoms with van der Waals surface area (Å²) >= 11 is 0. The Morgan fingerprint density at radius 3 is 2.36 bits per heavy atom. The van der Waals surface area contributed by atoms with E-state index in [0.717, 1.165) is 36.5 Å². The summed E-state index contributed by atoms with van der Waals surface area (Å²) in [6.07, 6.45) is 1.70. The maximum absolute atomic E-state index is 12.7. The molecular weight excluding hydrogens is 456 g/mol. The maximum Gasteiger partial charge on any atom is 0.251 e. The summed E-state index contributed by atoms with van der Waals surface area (Å²) in [7, 11) is 0. The highest BCUT2D eigenvalue weighted by Crippen LogP contribution is 2.23. The monoisotopic (exact) mass is 486 g/mol. The summed E-state index contributed by atoms with van der Waals surface area (Å²) in [6.45, 7) is 3.51. The van der Waals surface area contributed by atoms with Crippen LogP contribution in [0.15, 0.2) is 66.7 Å². The first-order valence-corrected chi connectivity index (χ1v) is 12.1. The molecule has 9 heteroatoms. The summed E-state index contributed by atoms with van der Waals surface area (Å²) in [5, 5.41) is 17.1. The number of benzene rings is 2. The van der Waals surface area contributed by atoms with Crippen molar-refractivity contribution in [1.29, 1.82) is 0 Å².